The first-order chi connectivity index (χ1) is 8.01. The number of amides is 2. The Labute approximate surface area is 104 Å². The fraction of sp³-hybridized carbons (Fsp3) is 0.846. The molecule has 1 unspecified atom stereocenters. The molecule has 1 N–H and O–H groups in total. The minimum Gasteiger partial charge on any atom is -0.353 e. The van der Waals surface area contributed by atoms with E-state index in [1.807, 2.05) is 27.7 Å². The molecule has 0 aromatic rings. The van der Waals surface area contributed by atoms with E-state index in [-0.39, 0.29) is 17.9 Å². The number of nitrogens with one attached hydrogen (secondary N) is 1. The van der Waals surface area contributed by atoms with Crippen molar-refractivity contribution in [2.45, 2.75) is 53.0 Å². The monoisotopic (exact) mass is 240 g/mol. The van der Waals surface area contributed by atoms with Gasteiger partial charge in [-0.3, -0.25) is 9.59 Å². The SMILES string of the molecule is CCC(C)NC(=O)C1(C(=O)N(CC)CC)CC1. The molecule has 1 atom stereocenters. The number of hydrogen-bond acceptors (Lipinski definition) is 2. The summed E-state index contributed by atoms with van der Waals surface area (Å²) in [6.07, 6.45) is 2.29. The van der Waals surface area contributed by atoms with Gasteiger partial charge in [-0.05, 0) is 40.0 Å². The molecule has 0 spiro atoms. The Balaban J connectivity index is 2.68. The van der Waals surface area contributed by atoms with E-state index in [0.717, 1.165) is 6.42 Å². The van der Waals surface area contributed by atoms with Gasteiger partial charge in [0, 0.05) is 19.1 Å². The van der Waals surface area contributed by atoms with Crippen LogP contribution >= 0.6 is 0 Å². The second-order valence-electron chi connectivity index (χ2n) is 4.84. The molecule has 1 rings (SSSR count). The predicted octanol–water partition coefficient (Wildman–Crippen LogP) is 1.55. The highest BCUT2D eigenvalue weighted by atomic mass is 16.2. The van der Waals surface area contributed by atoms with Gasteiger partial charge >= 0.3 is 0 Å². The van der Waals surface area contributed by atoms with Gasteiger partial charge in [0.15, 0.2) is 0 Å². The zero-order chi connectivity index (χ0) is 13.1. The van der Waals surface area contributed by atoms with Gasteiger partial charge in [-0.15, -0.1) is 0 Å². The van der Waals surface area contributed by atoms with E-state index in [0.29, 0.717) is 25.9 Å². The van der Waals surface area contributed by atoms with Gasteiger partial charge in [-0.25, -0.2) is 0 Å². The van der Waals surface area contributed by atoms with Gasteiger partial charge < -0.3 is 10.2 Å². The molecule has 2 amide bonds. The summed E-state index contributed by atoms with van der Waals surface area (Å²) in [5, 5.41) is 2.93. The van der Waals surface area contributed by atoms with E-state index in [1.54, 1.807) is 4.90 Å². The standard InChI is InChI=1S/C13H24N2O2/c1-5-10(4)14-11(16)13(8-9-13)12(17)15(6-2)7-3/h10H,5-9H2,1-4H3,(H,14,16). The molecular formula is C13H24N2O2. The van der Waals surface area contributed by atoms with E-state index in [2.05, 4.69) is 5.32 Å². The molecule has 0 heterocycles. The maximum absolute atomic E-state index is 12.3. The molecule has 17 heavy (non-hydrogen) atoms. The highest BCUT2D eigenvalue weighted by Gasteiger charge is 2.57. The molecule has 0 aromatic carbocycles. The molecule has 1 fully saturated rings. The fourth-order valence-corrected chi connectivity index (χ4v) is 1.94. The Morgan fingerprint density at radius 3 is 2.12 bits per heavy atom. The van der Waals surface area contributed by atoms with E-state index in [1.165, 1.54) is 0 Å². The zero-order valence-corrected chi connectivity index (χ0v) is 11.4. The number of rotatable bonds is 6. The van der Waals surface area contributed by atoms with Crippen LogP contribution in [0.2, 0.25) is 0 Å². The Kier molecular flexibility index (Phi) is 4.54. The maximum atomic E-state index is 12.3. The van der Waals surface area contributed by atoms with Gasteiger partial charge in [0.25, 0.3) is 0 Å². The summed E-state index contributed by atoms with van der Waals surface area (Å²) in [4.78, 5) is 26.1. The van der Waals surface area contributed by atoms with Gasteiger partial charge in [0.05, 0.1) is 0 Å². The Bertz CT molecular complexity index is 294. The average Bonchev–Trinajstić information content (AvgIpc) is 3.11. The topological polar surface area (TPSA) is 49.4 Å². The molecule has 0 bridgehead atoms. The van der Waals surface area contributed by atoms with Crippen LogP contribution in [0, 0.1) is 5.41 Å². The lowest BCUT2D eigenvalue weighted by Crippen LogP contribution is -2.47. The van der Waals surface area contributed by atoms with Crippen LogP contribution < -0.4 is 5.32 Å². The number of carbonyl (C=O) groups excluding carboxylic acids is 2. The van der Waals surface area contributed by atoms with Crippen molar-refractivity contribution in [3.63, 3.8) is 0 Å². The van der Waals surface area contributed by atoms with Gasteiger partial charge in [-0.1, -0.05) is 6.92 Å². The van der Waals surface area contributed by atoms with Crippen molar-refractivity contribution in [1.29, 1.82) is 0 Å². The van der Waals surface area contributed by atoms with E-state index >= 15 is 0 Å². The molecular weight excluding hydrogens is 216 g/mol. The quantitative estimate of drug-likeness (QED) is 0.716. The number of carbonyl (C=O) groups is 2. The highest BCUT2D eigenvalue weighted by Crippen LogP contribution is 2.47. The Hall–Kier alpha value is -1.06. The van der Waals surface area contributed by atoms with Crippen LogP contribution in [0.5, 0.6) is 0 Å². The lowest BCUT2D eigenvalue weighted by atomic mass is 10.0. The average molecular weight is 240 g/mol. The Morgan fingerprint density at radius 2 is 1.76 bits per heavy atom. The fourth-order valence-electron chi connectivity index (χ4n) is 1.94. The first-order valence-electron chi connectivity index (χ1n) is 6.62. The van der Waals surface area contributed by atoms with Gasteiger partial charge in [0.1, 0.15) is 5.41 Å². The van der Waals surface area contributed by atoms with Crippen LogP contribution in [-0.4, -0.2) is 35.8 Å². The van der Waals surface area contributed by atoms with Crippen molar-refractivity contribution in [2.24, 2.45) is 5.41 Å². The third kappa shape index (κ3) is 2.79. The van der Waals surface area contributed by atoms with E-state index < -0.39 is 5.41 Å². The normalized spacial score (nSPS) is 18.4. The van der Waals surface area contributed by atoms with Gasteiger partial charge in [0.2, 0.25) is 11.8 Å². The minimum atomic E-state index is -0.741. The van der Waals surface area contributed by atoms with E-state index in [9.17, 15) is 9.59 Å². The lowest BCUT2D eigenvalue weighted by molar-refractivity contribution is -0.144. The third-order valence-corrected chi connectivity index (χ3v) is 3.63. The Morgan fingerprint density at radius 1 is 1.24 bits per heavy atom. The molecule has 1 aliphatic rings. The summed E-state index contributed by atoms with van der Waals surface area (Å²) >= 11 is 0. The van der Waals surface area contributed by atoms with Crippen LogP contribution in [-0.2, 0) is 9.59 Å². The lowest BCUT2D eigenvalue weighted by Gasteiger charge is -2.25. The molecule has 0 aromatic heterocycles. The van der Waals surface area contributed by atoms with Gasteiger partial charge in [-0.2, -0.15) is 0 Å². The molecule has 4 nitrogen and oxygen atoms in total. The zero-order valence-electron chi connectivity index (χ0n) is 11.4. The second-order valence-corrected chi connectivity index (χ2v) is 4.84. The highest BCUT2D eigenvalue weighted by molar-refractivity contribution is 6.07. The maximum Gasteiger partial charge on any atom is 0.238 e. The summed E-state index contributed by atoms with van der Waals surface area (Å²) in [6.45, 7) is 9.24. The van der Waals surface area contributed by atoms with Crippen molar-refractivity contribution in [2.75, 3.05) is 13.1 Å². The number of hydrogen-bond donors (Lipinski definition) is 1. The van der Waals surface area contributed by atoms with Crippen LogP contribution in [0.4, 0.5) is 0 Å². The molecule has 1 saturated carbocycles. The first-order valence-corrected chi connectivity index (χ1v) is 6.62. The van der Waals surface area contributed by atoms with Crippen LogP contribution in [0.3, 0.4) is 0 Å². The molecule has 0 saturated heterocycles. The van der Waals surface area contributed by atoms with Crippen molar-refractivity contribution < 1.29 is 9.59 Å². The van der Waals surface area contributed by atoms with Crippen LogP contribution in [0.25, 0.3) is 0 Å². The first kappa shape index (κ1) is 14.0. The number of nitrogens with zero attached hydrogens (tertiary/aromatic N) is 1. The summed E-state index contributed by atoms with van der Waals surface area (Å²) in [6, 6.07) is 0.143. The van der Waals surface area contributed by atoms with Crippen LogP contribution in [0.15, 0.2) is 0 Å². The molecule has 0 radical (unpaired) electrons. The summed E-state index contributed by atoms with van der Waals surface area (Å²) in [7, 11) is 0. The summed E-state index contributed by atoms with van der Waals surface area (Å²) < 4.78 is 0. The largest absolute Gasteiger partial charge is 0.353 e. The van der Waals surface area contributed by atoms with Crippen LogP contribution in [0.1, 0.15) is 47.0 Å². The molecule has 4 heteroatoms. The summed E-state index contributed by atoms with van der Waals surface area (Å²) in [5.41, 5.74) is -0.741. The summed E-state index contributed by atoms with van der Waals surface area (Å²) in [5.74, 6) is -0.0768. The van der Waals surface area contributed by atoms with E-state index in [4.69, 9.17) is 0 Å². The van der Waals surface area contributed by atoms with Crippen molar-refractivity contribution in [1.82, 2.24) is 10.2 Å². The van der Waals surface area contributed by atoms with Crippen molar-refractivity contribution in [3.05, 3.63) is 0 Å². The molecule has 98 valence electrons. The predicted molar refractivity (Wildman–Crippen MR) is 67.5 cm³/mol. The van der Waals surface area contributed by atoms with Crippen molar-refractivity contribution >= 4 is 11.8 Å². The third-order valence-electron chi connectivity index (χ3n) is 3.63. The van der Waals surface area contributed by atoms with Crippen molar-refractivity contribution in [3.8, 4) is 0 Å². The molecule has 0 aliphatic heterocycles. The smallest absolute Gasteiger partial charge is 0.238 e. The molecule has 1 aliphatic carbocycles. The minimum absolute atomic E-state index is 0.00306. The second kappa shape index (κ2) is 5.52.